The van der Waals surface area contributed by atoms with E-state index in [2.05, 4.69) is 4.98 Å². The summed E-state index contributed by atoms with van der Waals surface area (Å²) in [6, 6.07) is 24.3. The molecule has 7 heteroatoms. The van der Waals surface area contributed by atoms with E-state index in [4.69, 9.17) is 30.9 Å². The van der Waals surface area contributed by atoms with E-state index in [-0.39, 0.29) is 6.61 Å². The number of rotatable bonds is 9. The van der Waals surface area contributed by atoms with E-state index in [1.165, 1.54) is 0 Å². The highest BCUT2D eigenvalue weighted by molar-refractivity contribution is 6.32. The van der Waals surface area contributed by atoms with Crippen molar-refractivity contribution in [3.63, 3.8) is 0 Å². The lowest BCUT2D eigenvalue weighted by Gasteiger charge is -2.13. The summed E-state index contributed by atoms with van der Waals surface area (Å²) in [7, 11) is 0. The molecule has 4 aromatic rings. The van der Waals surface area contributed by atoms with Crippen LogP contribution in [0.3, 0.4) is 0 Å². The maximum absolute atomic E-state index is 10.8. The third kappa shape index (κ3) is 5.47. The first-order chi connectivity index (χ1) is 15.6. The quantitative estimate of drug-likeness (QED) is 0.363. The number of halogens is 1. The number of fused-ring (bicyclic) bond motifs is 1. The van der Waals surface area contributed by atoms with Crippen molar-refractivity contribution in [2.75, 3.05) is 6.61 Å². The zero-order valence-electron chi connectivity index (χ0n) is 17.0. The molecular weight excluding hydrogens is 430 g/mol. The summed E-state index contributed by atoms with van der Waals surface area (Å²) < 4.78 is 17.1. The largest absolute Gasteiger partial charge is 0.489 e. The van der Waals surface area contributed by atoms with Gasteiger partial charge in [0.15, 0.2) is 6.61 Å². The summed E-state index contributed by atoms with van der Waals surface area (Å²) in [5, 5.41) is 10.3. The zero-order valence-corrected chi connectivity index (χ0v) is 17.8. The molecule has 0 saturated carbocycles. The molecule has 0 unspecified atom stereocenters. The number of nitrogens with zero attached hydrogens (tertiary/aromatic N) is 1. The second-order valence-corrected chi connectivity index (χ2v) is 7.37. The van der Waals surface area contributed by atoms with Crippen LogP contribution in [0, 0.1) is 0 Å². The standard InChI is InChI=1S/C25H20ClNO5/c26-22-9-3-6-18(25(22)32-16-24(28)29)14-30-20-7-4-8-21(13-20)31-15-19-12-11-17-5-1-2-10-23(17)27-19/h1-13H,14-16H2,(H,28,29). The first-order valence-electron chi connectivity index (χ1n) is 9.91. The summed E-state index contributed by atoms with van der Waals surface area (Å²) in [6.07, 6.45) is 0. The molecule has 162 valence electrons. The highest BCUT2D eigenvalue weighted by Crippen LogP contribution is 2.30. The molecule has 0 aliphatic carbocycles. The molecule has 0 saturated heterocycles. The molecule has 0 fully saturated rings. The number of benzene rings is 3. The molecule has 0 aliphatic heterocycles. The number of aliphatic carboxylic acids is 1. The van der Waals surface area contributed by atoms with Gasteiger partial charge in [0.05, 0.1) is 16.2 Å². The number of ether oxygens (including phenoxy) is 3. The lowest BCUT2D eigenvalue weighted by Crippen LogP contribution is -2.11. The maximum Gasteiger partial charge on any atom is 0.341 e. The van der Waals surface area contributed by atoms with Crippen LogP contribution in [0.2, 0.25) is 5.02 Å². The molecule has 1 aromatic heterocycles. The Morgan fingerprint density at radius 1 is 0.844 bits per heavy atom. The van der Waals surface area contributed by atoms with Crippen molar-refractivity contribution < 1.29 is 24.1 Å². The van der Waals surface area contributed by atoms with Crippen molar-refractivity contribution in [1.29, 1.82) is 0 Å². The Morgan fingerprint density at radius 3 is 2.41 bits per heavy atom. The molecule has 0 radical (unpaired) electrons. The van der Waals surface area contributed by atoms with Crippen molar-refractivity contribution in [1.82, 2.24) is 4.98 Å². The summed E-state index contributed by atoms with van der Waals surface area (Å²) in [5.74, 6) is 0.456. The van der Waals surface area contributed by atoms with Crippen LogP contribution >= 0.6 is 11.6 Å². The van der Waals surface area contributed by atoms with Gasteiger partial charge >= 0.3 is 5.97 Å². The molecule has 0 amide bonds. The van der Waals surface area contributed by atoms with Gasteiger partial charge in [-0.3, -0.25) is 0 Å². The van der Waals surface area contributed by atoms with Crippen LogP contribution in [0.4, 0.5) is 0 Å². The Hall–Kier alpha value is -3.77. The number of carboxylic acids is 1. The van der Waals surface area contributed by atoms with Crippen molar-refractivity contribution >= 4 is 28.5 Å². The third-order valence-electron chi connectivity index (χ3n) is 4.63. The number of hydrogen-bond donors (Lipinski definition) is 1. The Balaban J connectivity index is 1.40. The van der Waals surface area contributed by atoms with Gasteiger partial charge in [0.2, 0.25) is 0 Å². The summed E-state index contributed by atoms with van der Waals surface area (Å²) >= 11 is 6.16. The minimum atomic E-state index is -1.08. The first-order valence-corrected chi connectivity index (χ1v) is 10.3. The van der Waals surface area contributed by atoms with Crippen LogP contribution in [0.1, 0.15) is 11.3 Å². The van der Waals surface area contributed by atoms with Crippen LogP contribution in [-0.4, -0.2) is 22.7 Å². The fourth-order valence-corrected chi connectivity index (χ4v) is 3.37. The average Bonchev–Trinajstić information content (AvgIpc) is 2.81. The van der Waals surface area contributed by atoms with Gasteiger partial charge in [0.1, 0.15) is 30.5 Å². The van der Waals surface area contributed by atoms with Gasteiger partial charge < -0.3 is 19.3 Å². The predicted molar refractivity (Wildman–Crippen MR) is 121 cm³/mol. The Kier molecular flexibility index (Phi) is 6.72. The molecular formula is C25H20ClNO5. The number of para-hydroxylation sites is 2. The predicted octanol–water partition coefficient (Wildman–Crippen LogP) is 5.51. The van der Waals surface area contributed by atoms with E-state index in [0.29, 0.717) is 34.4 Å². The second kappa shape index (κ2) is 10.0. The van der Waals surface area contributed by atoms with Crippen LogP contribution in [0.5, 0.6) is 17.2 Å². The highest BCUT2D eigenvalue weighted by Gasteiger charge is 2.11. The minimum Gasteiger partial charge on any atom is -0.489 e. The molecule has 1 heterocycles. The van der Waals surface area contributed by atoms with Crippen LogP contribution in [0.15, 0.2) is 78.9 Å². The van der Waals surface area contributed by atoms with E-state index in [0.717, 1.165) is 16.6 Å². The molecule has 0 bridgehead atoms. The normalized spacial score (nSPS) is 10.7. The Labute approximate surface area is 190 Å². The van der Waals surface area contributed by atoms with Gasteiger partial charge in [-0.15, -0.1) is 0 Å². The molecule has 6 nitrogen and oxygen atoms in total. The van der Waals surface area contributed by atoms with Gasteiger partial charge in [-0.1, -0.05) is 54.1 Å². The second-order valence-electron chi connectivity index (χ2n) is 6.96. The highest BCUT2D eigenvalue weighted by atomic mass is 35.5. The molecule has 0 atom stereocenters. The SMILES string of the molecule is O=C(O)COc1c(Cl)cccc1COc1cccc(OCc2ccc3ccccc3n2)c1. The number of carboxylic acid groups (broad SMARTS) is 1. The van der Waals surface area contributed by atoms with E-state index in [9.17, 15) is 4.79 Å². The van der Waals surface area contributed by atoms with Crippen molar-refractivity contribution in [3.8, 4) is 17.2 Å². The van der Waals surface area contributed by atoms with Gasteiger partial charge in [-0.2, -0.15) is 0 Å². The molecule has 0 spiro atoms. The van der Waals surface area contributed by atoms with Gasteiger partial charge in [0, 0.05) is 17.0 Å². The first kappa shape index (κ1) is 21.5. The van der Waals surface area contributed by atoms with E-state index in [1.54, 1.807) is 24.3 Å². The van der Waals surface area contributed by atoms with Crippen molar-refractivity contribution in [3.05, 3.63) is 95.1 Å². The van der Waals surface area contributed by atoms with Crippen LogP contribution in [0.25, 0.3) is 10.9 Å². The topological polar surface area (TPSA) is 77.9 Å². The number of carbonyl (C=O) groups is 1. The lowest BCUT2D eigenvalue weighted by atomic mass is 10.2. The monoisotopic (exact) mass is 449 g/mol. The number of pyridine rings is 1. The minimum absolute atomic E-state index is 0.158. The molecule has 3 aromatic carbocycles. The van der Waals surface area contributed by atoms with Crippen LogP contribution in [-0.2, 0) is 18.0 Å². The smallest absolute Gasteiger partial charge is 0.341 e. The Morgan fingerprint density at radius 2 is 1.59 bits per heavy atom. The van der Waals surface area contributed by atoms with Crippen molar-refractivity contribution in [2.24, 2.45) is 0 Å². The van der Waals surface area contributed by atoms with Gasteiger partial charge in [0.25, 0.3) is 0 Å². The van der Waals surface area contributed by atoms with Crippen LogP contribution < -0.4 is 14.2 Å². The molecule has 1 N–H and O–H groups in total. The summed E-state index contributed by atoms with van der Waals surface area (Å²) in [6.45, 7) is 0.00379. The number of aromatic nitrogens is 1. The molecule has 0 aliphatic rings. The summed E-state index contributed by atoms with van der Waals surface area (Å²) in [5.41, 5.74) is 2.40. The van der Waals surface area contributed by atoms with E-state index >= 15 is 0 Å². The maximum atomic E-state index is 10.8. The average molecular weight is 450 g/mol. The molecule has 32 heavy (non-hydrogen) atoms. The fraction of sp³-hybridized carbons (Fsp3) is 0.120. The zero-order chi connectivity index (χ0) is 22.3. The van der Waals surface area contributed by atoms with E-state index in [1.807, 2.05) is 54.6 Å². The fourth-order valence-electron chi connectivity index (χ4n) is 3.12. The third-order valence-corrected chi connectivity index (χ3v) is 4.93. The van der Waals surface area contributed by atoms with Gasteiger partial charge in [-0.05, 0) is 30.3 Å². The molecule has 4 rings (SSSR count). The van der Waals surface area contributed by atoms with E-state index < -0.39 is 12.6 Å². The summed E-state index contributed by atoms with van der Waals surface area (Å²) in [4.78, 5) is 15.4. The van der Waals surface area contributed by atoms with Crippen molar-refractivity contribution in [2.45, 2.75) is 13.2 Å². The number of hydrogen-bond acceptors (Lipinski definition) is 5. The Bertz CT molecular complexity index is 1240. The van der Waals surface area contributed by atoms with Gasteiger partial charge in [-0.25, -0.2) is 9.78 Å². The lowest BCUT2D eigenvalue weighted by molar-refractivity contribution is -0.139.